The molecule has 1 aliphatic rings. The van der Waals surface area contributed by atoms with Crippen LogP contribution in [0.15, 0.2) is 47.0 Å². The lowest BCUT2D eigenvalue weighted by molar-refractivity contribution is -0.126. The second-order valence-corrected chi connectivity index (χ2v) is 9.56. The largest absolute Gasteiger partial charge is 0.491 e. The SMILES string of the molecule is CC(C)Oc1cccc(CNC(=O)C2CCN(Cc3nc(-c4ccc(Cl)cc4Cl)no3)CC2)c1. The molecule has 0 bridgehead atoms. The van der Waals surface area contributed by atoms with E-state index in [1.54, 1.807) is 18.2 Å². The van der Waals surface area contributed by atoms with E-state index >= 15 is 0 Å². The summed E-state index contributed by atoms with van der Waals surface area (Å²) in [5, 5.41) is 8.15. The first-order valence-corrected chi connectivity index (χ1v) is 12.2. The number of aromatic nitrogens is 2. The predicted octanol–water partition coefficient (Wildman–Crippen LogP) is 5.36. The highest BCUT2D eigenvalue weighted by atomic mass is 35.5. The van der Waals surface area contributed by atoms with E-state index in [1.807, 2.05) is 38.1 Å². The van der Waals surface area contributed by atoms with Gasteiger partial charge in [-0.1, -0.05) is 40.5 Å². The molecule has 1 fully saturated rings. The number of halogens is 2. The number of hydrogen-bond acceptors (Lipinski definition) is 6. The summed E-state index contributed by atoms with van der Waals surface area (Å²) < 4.78 is 11.1. The number of hydrogen-bond donors (Lipinski definition) is 1. The highest BCUT2D eigenvalue weighted by Crippen LogP contribution is 2.29. The molecule has 2 heterocycles. The fourth-order valence-electron chi connectivity index (χ4n) is 3.98. The zero-order valence-corrected chi connectivity index (χ0v) is 20.8. The summed E-state index contributed by atoms with van der Waals surface area (Å²) >= 11 is 12.2. The van der Waals surface area contributed by atoms with Gasteiger partial charge in [-0.3, -0.25) is 9.69 Å². The van der Waals surface area contributed by atoms with Gasteiger partial charge in [-0.25, -0.2) is 0 Å². The minimum atomic E-state index is -0.00235. The summed E-state index contributed by atoms with van der Waals surface area (Å²) in [5.41, 5.74) is 1.70. The van der Waals surface area contributed by atoms with Gasteiger partial charge in [0, 0.05) is 23.0 Å². The number of rotatable bonds is 8. The van der Waals surface area contributed by atoms with Gasteiger partial charge in [0.25, 0.3) is 0 Å². The molecule has 0 atom stereocenters. The molecule has 0 radical (unpaired) electrons. The highest BCUT2D eigenvalue weighted by Gasteiger charge is 2.26. The maximum atomic E-state index is 12.7. The molecule has 34 heavy (non-hydrogen) atoms. The fraction of sp³-hybridized carbons (Fsp3) is 0.400. The van der Waals surface area contributed by atoms with Crippen molar-refractivity contribution >= 4 is 29.1 Å². The van der Waals surface area contributed by atoms with Gasteiger partial charge in [0.1, 0.15) is 5.75 Å². The molecule has 180 valence electrons. The van der Waals surface area contributed by atoms with Crippen LogP contribution in [-0.2, 0) is 17.9 Å². The van der Waals surface area contributed by atoms with Crippen LogP contribution in [-0.4, -0.2) is 40.1 Å². The number of carbonyl (C=O) groups excluding carboxylic acids is 1. The normalized spacial score (nSPS) is 15.0. The molecule has 1 amide bonds. The van der Waals surface area contributed by atoms with Crippen LogP contribution in [0.1, 0.15) is 38.1 Å². The summed E-state index contributed by atoms with van der Waals surface area (Å²) in [5.74, 6) is 1.86. The van der Waals surface area contributed by atoms with Gasteiger partial charge in [-0.15, -0.1) is 0 Å². The minimum Gasteiger partial charge on any atom is -0.491 e. The average molecular weight is 503 g/mol. The Morgan fingerprint density at radius 1 is 1.21 bits per heavy atom. The van der Waals surface area contributed by atoms with Crippen LogP contribution < -0.4 is 10.1 Å². The molecule has 9 heteroatoms. The first-order valence-electron chi connectivity index (χ1n) is 11.4. The third kappa shape index (κ3) is 6.50. The van der Waals surface area contributed by atoms with Crippen molar-refractivity contribution in [2.24, 2.45) is 5.92 Å². The molecular formula is C25H28Cl2N4O3. The first-order chi connectivity index (χ1) is 16.4. The lowest BCUT2D eigenvalue weighted by atomic mass is 9.96. The summed E-state index contributed by atoms with van der Waals surface area (Å²) in [6, 6.07) is 13.0. The highest BCUT2D eigenvalue weighted by molar-refractivity contribution is 6.36. The Morgan fingerprint density at radius 2 is 2.00 bits per heavy atom. The Hall–Kier alpha value is -2.61. The number of amides is 1. The number of benzene rings is 2. The van der Waals surface area contributed by atoms with E-state index in [4.69, 9.17) is 32.5 Å². The van der Waals surface area contributed by atoms with Gasteiger partial charge < -0.3 is 14.6 Å². The summed E-state index contributed by atoms with van der Waals surface area (Å²) in [7, 11) is 0. The van der Waals surface area contributed by atoms with E-state index in [0.29, 0.717) is 40.4 Å². The summed E-state index contributed by atoms with van der Waals surface area (Å²) in [6.45, 7) is 6.59. The zero-order valence-electron chi connectivity index (χ0n) is 19.3. The molecule has 4 rings (SSSR count). The maximum Gasteiger partial charge on any atom is 0.241 e. The summed E-state index contributed by atoms with van der Waals surface area (Å²) in [6.07, 6.45) is 1.68. The Kier molecular flexibility index (Phi) is 8.08. The van der Waals surface area contributed by atoms with E-state index < -0.39 is 0 Å². The van der Waals surface area contributed by atoms with Crippen molar-refractivity contribution in [3.63, 3.8) is 0 Å². The Labute approximate surface area is 209 Å². The maximum absolute atomic E-state index is 12.7. The van der Waals surface area contributed by atoms with Gasteiger partial charge in [-0.05, 0) is 75.7 Å². The van der Waals surface area contributed by atoms with Crippen molar-refractivity contribution < 1.29 is 14.1 Å². The third-order valence-corrected chi connectivity index (χ3v) is 6.24. The van der Waals surface area contributed by atoms with E-state index in [0.717, 1.165) is 37.2 Å². The van der Waals surface area contributed by atoms with Gasteiger partial charge in [-0.2, -0.15) is 4.98 Å². The predicted molar refractivity (Wildman–Crippen MR) is 132 cm³/mol. The molecular weight excluding hydrogens is 475 g/mol. The Balaban J connectivity index is 1.24. The van der Waals surface area contributed by atoms with Crippen LogP contribution in [0.5, 0.6) is 5.75 Å². The third-order valence-electron chi connectivity index (χ3n) is 5.69. The number of likely N-dealkylation sites (tertiary alicyclic amines) is 1. The molecule has 1 N–H and O–H groups in total. The van der Waals surface area contributed by atoms with Gasteiger partial charge >= 0.3 is 0 Å². The molecule has 1 aromatic heterocycles. The van der Waals surface area contributed by atoms with Crippen LogP contribution in [0.3, 0.4) is 0 Å². The molecule has 3 aromatic rings. The number of nitrogens with one attached hydrogen (secondary N) is 1. The van der Waals surface area contributed by atoms with Crippen molar-refractivity contribution in [2.75, 3.05) is 13.1 Å². The van der Waals surface area contributed by atoms with E-state index in [2.05, 4.69) is 20.4 Å². The van der Waals surface area contributed by atoms with Crippen molar-refractivity contribution in [2.45, 2.75) is 45.9 Å². The van der Waals surface area contributed by atoms with Gasteiger partial charge in [0.15, 0.2) is 0 Å². The number of nitrogens with zero attached hydrogens (tertiary/aromatic N) is 3. The second-order valence-electron chi connectivity index (χ2n) is 8.72. The van der Waals surface area contributed by atoms with Crippen LogP contribution >= 0.6 is 23.2 Å². The quantitative estimate of drug-likeness (QED) is 0.446. The van der Waals surface area contributed by atoms with Crippen LogP contribution in [0.4, 0.5) is 0 Å². The first kappa shape index (κ1) is 24.5. The number of ether oxygens (including phenoxy) is 1. The van der Waals surface area contributed by atoms with E-state index in [1.165, 1.54) is 0 Å². The molecule has 7 nitrogen and oxygen atoms in total. The van der Waals surface area contributed by atoms with Gasteiger partial charge in [0.05, 0.1) is 17.7 Å². The van der Waals surface area contributed by atoms with Gasteiger partial charge in [0.2, 0.25) is 17.6 Å². The lowest BCUT2D eigenvalue weighted by Gasteiger charge is -2.30. The standard InChI is InChI=1S/C25H28Cl2N4O3/c1-16(2)33-20-5-3-4-17(12-20)14-28-25(32)18-8-10-31(11-9-18)15-23-29-24(30-34-23)21-7-6-19(26)13-22(21)27/h3-7,12-13,16,18H,8-11,14-15H2,1-2H3,(H,28,32). The molecule has 0 aliphatic carbocycles. The van der Waals surface area contributed by atoms with Crippen LogP contribution in [0.2, 0.25) is 10.0 Å². The van der Waals surface area contributed by atoms with E-state index in [-0.39, 0.29) is 17.9 Å². The van der Waals surface area contributed by atoms with E-state index in [9.17, 15) is 4.79 Å². The molecule has 2 aromatic carbocycles. The van der Waals surface area contributed by atoms with Crippen molar-refractivity contribution in [1.82, 2.24) is 20.4 Å². The molecule has 1 aliphatic heterocycles. The van der Waals surface area contributed by atoms with Crippen LogP contribution in [0, 0.1) is 5.92 Å². The fourth-order valence-corrected chi connectivity index (χ4v) is 4.47. The van der Waals surface area contributed by atoms with Crippen LogP contribution in [0.25, 0.3) is 11.4 Å². The average Bonchev–Trinajstić information content (AvgIpc) is 3.26. The zero-order chi connectivity index (χ0) is 24.1. The molecule has 0 saturated carbocycles. The molecule has 0 unspecified atom stereocenters. The Bertz CT molecular complexity index is 1130. The Morgan fingerprint density at radius 3 is 2.74 bits per heavy atom. The summed E-state index contributed by atoms with van der Waals surface area (Å²) in [4.78, 5) is 19.4. The topological polar surface area (TPSA) is 80.5 Å². The molecule has 0 spiro atoms. The lowest BCUT2D eigenvalue weighted by Crippen LogP contribution is -2.40. The monoisotopic (exact) mass is 502 g/mol. The van der Waals surface area contributed by atoms with Crippen molar-refractivity contribution in [3.8, 4) is 17.1 Å². The molecule has 1 saturated heterocycles. The van der Waals surface area contributed by atoms with Crippen molar-refractivity contribution in [3.05, 3.63) is 64.0 Å². The van der Waals surface area contributed by atoms with Crippen molar-refractivity contribution in [1.29, 1.82) is 0 Å². The smallest absolute Gasteiger partial charge is 0.241 e. The number of carbonyl (C=O) groups is 1. The minimum absolute atomic E-state index is 0.00235. The second kappa shape index (κ2) is 11.2. The number of piperidine rings is 1.